The highest BCUT2D eigenvalue weighted by atomic mass is 16.5. The third-order valence-corrected chi connectivity index (χ3v) is 5.99. The predicted molar refractivity (Wildman–Crippen MR) is 83.2 cm³/mol. The molecule has 0 radical (unpaired) electrons. The van der Waals surface area contributed by atoms with E-state index in [2.05, 4.69) is 10.2 Å². The van der Waals surface area contributed by atoms with Crippen molar-refractivity contribution >= 4 is 5.97 Å². The van der Waals surface area contributed by atoms with E-state index in [1.165, 1.54) is 51.4 Å². The SMILES string of the molecule is CCOC(=O)C1CNCCN1C1CCC2(CCCC2)CC1. The highest BCUT2D eigenvalue weighted by Crippen LogP contribution is 2.49. The fourth-order valence-electron chi connectivity index (χ4n) is 4.79. The van der Waals surface area contributed by atoms with Crippen molar-refractivity contribution in [2.75, 3.05) is 26.2 Å². The van der Waals surface area contributed by atoms with E-state index >= 15 is 0 Å². The van der Waals surface area contributed by atoms with Crippen LogP contribution < -0.4 is 5.32 Å². The van der Waals surface area contributed by atoms with Gasteiger partial charge in [-0.1, -0.05) is 12.8 Å². The smallest absolute Gasteiger partial charge is 0.324 e. The zero-order valence-electron chi connectivity index (χ0n) is 13.4. The van der Waals surface area contributed by atoms with Crippen molar-refractivity contribution < 1.29 is 9.53 Å². The van der Waals surface area contributed by atoms with Crippen LogP contribution in [0.15, 0.2) is 0 Å². The maximum absolute atomic E-state index is 12.2. The molecule has 3 aliphatic rings. The average molecular weight is 294 g/mol. The van der Waals surface area contributed by atoms with Crippen LogP contribution >= 0.6 is 0 Å². The van der Waals surface area contributed by atoms with Crippen LogP contribution in [-0.4, -0.2) is 49.2 Å². The van der Waals surface area contributed by atoms with E-state index in [1.807, 2.05) is 6.92 Å². The number of carbonyl (C=O) groups is 1. The highest BCUT2D eigenvalue weighted by Gasteiger charge is 2.41. The van der Waals surface area contributed by atoms with Gasteiger partial charge in [-0.25, -0.2) is 0 Å². The van der Waals surface area contributed by atoms with Gasteiger partial charge >= 0.3 is 5.97 Å². The minimum atomic E-state index is -0.0682. The van der Waals surface area contributed by atoms with Crippen molar-refractivity contribution in [1.29, 1.82) is 0 Å². The van der Waals surface area contributed by atoms with E-state index < -0.39 is 0 Å². The first-order chi connectivity index (χ1) is 10.2. The largest absolute Gasteiger partial charge is 0.465 e. The van der Waals surface area contributed by atoms with Crippen molar-refractivity contribution in [3.63, 3.8) is 0 Å². The molecular weight excluding hydrogens is 264 g/mol. The summed E-state index contributed by atoms with van der Waals surface area (Å²) in [5, 5.41) is 3.35. The van der Waals surface area contributed by atoms with E-state index in [4.69, 9.17) is 4.74 Å². The van der Waals surface area contributed by atoms with Crippen molar-refractivity contribution in [2.45, 2.75) is 70.4 Å². The lowest BCUT2D eigenvalue weighted by Gasteiger charge is -2.45. The highest BCUT2D eigenvalue weighted by molar-refractivity contribution is 5.76. The molecule has 4 heteroatoms. The molecule has 3 fully saturated rings. The van der Waals surface area contributed by atoms with Gasteiger partial charge in [-0.2, -0.15) is 0 Å². The average Bonchev–Trinajstić information content (AvgIpc) is 2.97. The maximum Gasteiger partial charge on any atom is 0.324 e. The zero-order chi connectivity index (χ0) is 14.7. The predicted octanol–water partition coefficient (Wildman–Crippen LogP) is 2.33. The lowest BCUT2D eigenvalue weighted by molar-refractivity contribution is -0.152. The van der Waals surface area contributed by atoms with E-state index in [1.54, 1.807) is 0 Å². The van der Waals surface area contributed by atoms with Gasteiger partial charge in [0.25, 0.3) is 0 Å². The topological polar surface area (TPSA) is 41.6 Å². The molecule has 2 saturated carbocycles. The molecule has 2 aliphatic carbocycles. The second kappa shape index (κ2) is 6.66. The molecule has 1 atom stereocenters. The summed E-state index contributed by atoms with van der Waals surface area (Å²) in [5.41, 5.74) is 0.671. The summed E-state index contributed by atoms with van der Waals surface area (Å²) in [6.45, 7) is 5.11. The second-order valence-corrected chi connectivity index (χ2v) is 7.15. The minimum absolute atomic E-state index is 0.0362. The molecule has 0 bridgehead atoms. The van der Waals surface area contributed by atoms with Gasteiger partial charge in [0.15, 0.2) is 0 Å². The molecular formula is C17H30N2O2. The van der Waals surface area contributed by atoms with Crippen LogP contribution in [0.25, 0.3) is 0 Å². The van der Waals surface area contributed by atoms with Gasteiger partial charge in [-0.15, -0.1) is 0 Å². The minimum Gasteiger partial charge on any atom is -0.465 e. The Balaban J connectivity index is 1.60. The van der Waals surface area contributed by atoms with Gasteiger partial charge in [-0.05, 0) is 50.9 Å². The first-order valence-corrected chi connectivity index (χ1v) is 8.87. The number of hydrogen-bond donors (Lipinski definition) is 1. The van der Waals surface area contributed by atoms with Gasteiger partial charge in [-0.3, -0.25) is 9.69 Å². The number of piperazine rings is 1. The molecule has 0 aromatic carbocycles. The van der Waals surface area contributed by atoms with Crippen molar-refractivity contribution in [3.8, 4) is 0 Å². The van der Waals surface area contributed by atoms with Crippen molar-refractivity contribution in [3.05, 3.63) is 0 Å². The molecule has 0 aromatic rings. The molecule has 120 valence electrons. The number of hydrogen-bond acceptors (Lipinski definition) is 4. The Morgan fingerprint density at radius 2 is 1.95 bits per heavy atom. The fourth-order valence-corrected chi connectivity index (χ4v) is 4.79. The second-order valence-electron chi connectivity index (χ2n) is 7.15. The van der Waals surface area contributed by atoms with E-state index in [9.17, 15) is 4.79 Å². The van der Waals surface area contributed by atoms with Crippen molar-refractivity contribution in [1.82, 2.24) is 10.2 Å². The molecule has 1 unspecified atom stereocenters. The molecule has 4 nitrogen and oxygen atoms in total. The summed E-state index contributed by atoms with van der Waals surface area (Å²) in [6.07, 6.45) is 11.1. The standard InChI is InChI=1S/C17H30N2O2/c1-2-21-16(20)15-13-18-11-12-19(15)14-5-9-17(10-6-14)7-3-4-8-17/h14-15,18H,2-13H2,1H3. The van der Waals surface area contributed by atoms with Gasteiger partial charge in [0.1, 0.15) is 6.04 Å². The van der Waals surface area contributed by atoms with Gasteiger partial charge in [0.05, 0.1) is 6.61 Å². The Bertz CT molecular complexity index is 356. The number of esters is 1. The number of carbonyl (C=O) groups excluding carboxylic acids is 1. The molecule has 1 saturated heterocycles. The fraction of sp³-hybridized carbons (Fsp3) is 0.941. The summed E-state index contributed by atoms with van der Waals surface area (Å²) in [5.74, 6) is -0.0362. The first-order valence-electron chi connectivity index (χ1n) is 8.87. The Morgan fingerprint density at radius 3 is 2.62 bits per heavy atom. The Hall–Kier alpha value is -0.610. The quantitative estimate of drug-likeness (QED) is 0.811. The molecule has 1 heterocycles. The van der Waals surface area contributed by atoms with E-state index in [0.29, 0.717) is 18.1 Å². The lowest BCUT2D eigenvalue weighted by Crippen LogP contribution is -2.59. The van der Waals surface area contributed by atoms with Gasteiger partial charge < -0.3 is 10.1 Å². The first kappa shape index (κ1) is 15.3. The zero-order valence-corrected chi connectivity index (χ0v) is 13.4. The van der Waals surface area contributed by atoms with E-state index in [0.717, 1.165) is 19.6 Å². The van der Waals surface area contributed by atoms with E-state index in [-0.39, 0.29) is 12.0 Å². The van der Waals surface area contributed by atoms with Crippen LogP contribution in [0.2, 0.25) is 0 Å². The van der Waals surface area contributed by atoms with Crippen LogP contribution in [0, 0.1) is 5.41 Å². The van der Waals surface area contributed by atoms with Gasteiger partial charge in [0.2, 0.25) is 0 Å². The summed E-state index contributed by atoms with van der Waals surface area (Å²) >= 11 is 0. The molecule has 1 spiro atoms. The molecule has 21 heavy (non-hydrogen) atoms. The van der Waals surface area contributed by atoms with Crippen LogP contribution in [0.5, 0.6) is 0 Å². The Kier molecular flexibility index (Phi) is 4.85. The summed E-state index contributed by atoms with van der Waals surface area (Å²) < 4.78 is 5.28. The monoisotopic (exact) mass is 294 g/mol. The third kappa shape index (κ3) is 3.26. The Labute approximate surface area is 128 Å². The number of rotatable bonds is 3. The number of ether oxygens (including phenoxy) is 1. The van der Waals surface area contributed by atoms with Crippen molar-refractivity contribution in [2.24, 2.45) is 5.41 Å². The van der Waals surface area contributed by atoms with Crippen LogP contribution in [0.3, 0.4) is 0 Å². The lowest BCUT2D eigenvalue weighted by atomic mass is 9.71. The third-order valence-electron chi connectivity index (χ3n) is 5.99. The van der Waals surface area contributed by atoms with Crippen LogP contribution in [0.1, 0.15) is 58.3 Å². The summed E-state index contributed by atoms with van der Waals surface area (Å²) in [6, 6.07) is 0.522. The maximum atomic E-state index is 12.2. The van der Waals surface area contributed by atoms with Crippen LogP contribution in [-0.2, 0) is 9.53 Å². The molecule has 1 aliphatic heterocycles. The normalized spacial score (nSPS) is 30.6. The van der Waals surface area contributed by atoms with Crippen LogP contribution in [0.4, 0.5) is 0 Å². The molecule has 0 aromatic heterocycles. The number of nitrogens with zero attached hydrogens (tertiary/aromatic N) is 1. The molecule has 3 rings (SSSR count). The summed E-state index contributed by atoms with van der Waals surface area (Å²) in [7, 11) is 0. The van der Waals surface area contributed by atoms with Gasteiger partial charge in [0, 0.05) is 25.7 Å². The summed E-state index contributed by atoms with van der Waals surface area (Å²) in [4.78, 5) is 14.6. The number of nitrogens with one attached hydrogen (secondary N) is 1. The molecule has 0 amide bonds. The molecule has 1 N–H and O–H groups in total. The Morgan fingerprint density at radius 1 is 1.24 bits per heavy atom.